The Labute approximate surface area is 85.8 Å². The highest BCUT2D eigenvalue weighted by Gasteiger charge is 2.39. The fourth-order valence-electron chi connectivity index (χ4n) is 0.999. The monoisotopic (exact) mass is 247 g/mol. The molecule has 1 heterocycles. The van der Waals surface area contributed by atoms with Crippen molar-refractivity contribution in [3.05, 3.63) is 18.0 Å². The summed E-state index contributed by atoms with van der Waals surface area (Å²) >= 11 is 0. The van der Waals surface area contributed by atoms with Gasteiger partial charge in [0.1, 0.15) is 12.6 Å². The number of alkyl halides is 6. The largest absolute Gasteiger partial charge is 0.408 e. The average molecular weight is 247 g/mol. The fraction of sp³-hybridized carbons (Fsp3) is 0.571. The van der Waals surface area contributed by atoms with Gasteiger partial charge in [0, 0.05) is 11.8 Å². The molecule has 1 rings (SSSR count). The van der Waals surface area contributed by atoms with Crippen molar-refractivity contribution < 1.29 is 26.3 Å². The van der Waals surface area contributed by atoms with E-state index in [0.717, 1.165) is 0 Å². The van der Waals surface area contributed by atoms with Crippen molar-refractivity contribution in [2.24, 2.45) is 5.73 Å². The van der Waals surface area contributed by atoms with Crippen LogP contribution in [-0.2, 0) is 6.54 Å². The first-order valence-electron chi connectivity index (χ1n) is 4.01. The van der Waals surface area contributed by atoms with Crippen molar-refractivity contribution in [2.75, 3.05) is 0 Å². The Balaban J connectivity index is 2.80. The van der Waals surface area contributed by atoms with Gasteiger partial charge >= 0.3 is 12.4 Å². The topological polar surface area (TPSA) is 43.8 Å². The number of hydrogen-bond acceptors (Lipinski definition) is 2. The highest BCUT2D eigenvalue weighted by atomic mass is 19.4. The summed E-state index contributed by atoms with van der Waals surface area (Å²) < 4.78 is 72.3. The van der Waals surface area contributed by atoms with Crippen LogP contribution in [0.1, 0.15) is 11.6 Å². The lowest BCUT2D eigenvalue weighted by atomic mass is 10.2. The van der Waals surface area contributed by atoms with Crippen LogP contribution in [0, 0.1) is 0 Å². The molecular formula is C7H7F6N3. The van der Waals surface area contributed by atoms with Gasteiger partial charge in [-0.1, -0.05) is 0 Å². The maximum atomic E-state index is 12.1. The van der Waals surface area contributed by atoms with E-state index in [1.165, 1.54) is 0 Å². The molecule has 1 aromatic heterocycles. The van der Waals surface area contributed by atoms with Gasteiger partial charge in [-0.3, -0.25) is 4.68 Å². The molecule has 0 amide bonds. The number of aromatic nitrogens is 2. The van der Waals surface area contributed by atoms with Gasteiger partial charge in [-0.15, -0.1) is 0 Å². The van der Waals surface area contributed by atoms with Crippen molar-refractivity contribution in [3.63, 3.8) is 0 Å². The van der Waals surface area contributed by atoms with E-state index in [1.807, 2.05) is 0 Å². The minimum Gasteiger partial charge on any atom is -0.316 e. The van der Waals surface area contributed by atoms with E-state index in [-0.39, 0.29) is 0 Å². The molecule has 0 radical (unpaired) electrons. The van der Waals surface area contributed by atoms with Gasteiger partial charge in [0.15, 0.2) is 0 Å². The van der Waals surface area contributed by atoms with Gasteiger partial charge < -0.3 is 5.73 Å². The maximum Gasteiger partial charge on any atom is 0.408 e. The van der Waals surface area contributed by atoms with Crippen LogP contribution in [0.25, 0.3) is 0 Å². The molecule has 0 saturated carbocycles. The Bertz CT molecular complexity index is 352. The third kappa shape index (κ3) is 3.40. The van der Waals surface area contributed by atoms with Crippen LogP contribution >= 0.6 is 0 Å². The molecule has 16 heavy (non-hydrogen) atoms. The molecule has 1 aromatic rings. The molecule has 0 saturated heterocycles. The first-order valence-corrected chi connectivity index (χ1v) is 4.01. The van der Waals surface area contributed by atoms with Crippen molar-refractivity contribution in [1.82, 2.24) is 9.78 Å². The zero-order valence-electron chi connectivity index (χ0n) is 7.68. The Hall–Kier alpha value is -1.25. The summed E-state index contributed by atoms with van der Waals surface area (Å²) in [6, 6.07) is -2.32. The van der Waals surface area contributed by atoms with E-state index in [2.05, 4.69) is 5.10 Å². The van der Waals surface area contributed by atoms with Crippen LogP contribution < -0.4 is 5.73 Å². The van der Waals surface area contributed by atoms with Crippen molar-refractivity contribution in [2.45, 2.75) is 24.9 Å². The van der Waals surface area contributed by atoms with E-state index < -0.39 is 30.5 Å². The minimum absolute atomic E-state index is 0.362. The standard InChI is InChI=1S/C7H7F6N3/c8-6(9,10)3-16-2-4(1-15-16)5(14)7(11,12)13/h1-2,5H,3,14H2. The average Bonchev–Trinajstić information content (AvgIpc) is 2.46. The molecule has 0 aromatic carbocycles. The van der Waals surface area contributed by atoms with E-state index in [1.54, 1.807) is 0 Å². The van der Waals surface area contributed by atoms with Crippen LogP contribution in [0.5, 0.6) is 0 Å². The molecule has 2 N–H and O–H groups in total. The predicted molar refractivity (Wildman–Crippen MR) is 41.3 cm³/mol. The molecule has 0 aliphatic heterocycles. The number of halogens is 6. The second-order valence-corrected chi connectivity index (χ2v) is 3.11. The number of rotatable bonds is 2. The summed E-state index contributed by atoms with van der Waals surface area (Å²) in [5.74, 6) is 0. The lowest BCUT2D eigenvalue weighted by molar-refractivity contribution is -0.149. The zero-order valence-corrected chi connectivity index (χ0v) is 7.68. The summed E-state index contributed by atoms with van der Waals surface area (Å²) in [4.78, 5) is 0. The van der Waals surface area contributed by atoms with Gasteiger partial charge in [-0.2, -0.15) is 31.4 Å². The predicted octanol–water partition coefficient (Wildman–Crippen LogP) is 2.01. The molecule has 0 fully saturated rings. The number of nitrogens with two attached hydrogens (primary N) is 1. The molecule has 0 aliphatic carbocycles. The molecule has 1 atom stereocenters. The van der Waals surface area contributed by atoms with Gasteiger partial charge in [0.25, 0.3) is 0 Å². The van der Waals surface area contributed by atoms with Crippen LogP contribution in [0.3, 0.4) is 0 Å². The molecular weight excluding hydrogens is 240 g/mol. The van der Waals surface area contributed by atoms with Crippen LogP contribution in [-0.4, -0.2) is 22.1 Å². The maximum absolute atomic E-state index is 12.1. The quantitative estimate of drug-likeness (QED) is 0.812. The Kier molecular flexibility index (Phi) is 3.17. The first-order chi connectivity index (χ1) is 7.09. The van der Waals surface area contributed by atoms with Gasteiger partial charge in [0.05, 0.1) is 6.20 Å². The van der Waals surface area contributed by atoms with Crippen molar-refractivity contribution in [1.29, 1.82) is 0 Å². The van der Waals surface area contributed by atoms with Gasteiger partial charge in [-0.25, -0.2) is 0 Å². The third-order valence-electron chi connectivity index (χ3n) is 1.71. The summed E-state index contributed by atoms with van der Waals surface area (Å²) in [6.45, 7) is -1.45. The summed E-state index contributed by atoms with van der Waals surface area (Å²) in [5.41, 5.74) is 4.29. The summed E-state index contributed by atoms with van der Waals surface area (Å²) in [6.07, 6.45) is -7.94. The van der Waals surface area contributed by atoms with Gasteiger partial charge in [-0.05, 0) is 0 Å². The third-order valence-corrected chi connectivity index (χ3v) is 1.71. The van der Waals surface area contributed by atoms with Crippen molar-refractivity contribution in [3.8, 4) is 0 Å². The lowest BCUT2D eigenvalue weighted by Gasteiger charge is -2.13. The molecule has 1 unspecified atom stereocenters. The highest BCUT2D eigenvalue weighted by Crippen LogP contribution is 2.30. The molecule has 9 heteroatoms. The van der Waals surface area contributed by atoms with Crippen LogP contribution in [0.15, 0.2) is 12.4 Å². The van der Waals surface area contributed by atoms with Crippen LogP contribution in [0.2, 0.25) is 0 Å². The Morgan fingerprint density at radius 2 is 1.81 bits per heavy atom. The SMILES string of the molecule is NC(c1cnn(CC(F)(F)F)c1)C(F)(F)F. The second kappa shape index (κ2) is 3.96. The Morgan fingerprint density at radius 3 is 2.25 bits per heavy atom. The fourth-order valence-corrected chi connectivity index (χ4v) is 0.999. The molecule has 0 aliphatic rings. The molecule has 92 valence electrons. The van der Waals surface area contributed by atoms with Crippen molar-refractivity contribution >= 4 is 0 Å². The first kappa shape index (κ1) is 12.8. The van der Waals surface area contributed by atoms with E-state index >= 15 is 0 Å². The number of hydrogen-bond donors (Lipinski definition) is 1. The normalized spacial score (nSPS) is 15.2. The summed E-state index contributed by atoms with van der Waals surface area (Å²) in [5, 5.41) is 3.15. The molecule has 0 spiro atoms. The second-order valence-electron chi connectivity index (χ2n) is 3.11. The van der Waals surface area contributed by atoms with E-state index in [4.69, 9.17) is 5.73 Å². The summed E-state index contributed by atoms with van der Waals surface area (Å²) in [7, 11) is 0. The molecule has 0 bridgehead atoms. The zero-order chi connectivity index (χ0) is 12.6. The number of nitrogens with zero attached hydrogens (tertiary/aromatic N) is 2. The Morgan fingerprint density at radius 1 is 1.25 bits per heavy atom. The lowest BCUT2D eigenvalue weighted by Crippen LogP contribution is -2.28. The van der Waals surface area contributed by atoms with Crippen LogP contribution in [0.4, 0.5) is 26.3 Å². The molecule has 3 nitrogen and oxygen atoms in total. The van der Waals surface area contributed by atoms with E-state index in [9.17, 15) is 26.3 Å². The highest BCUT2D eigenvalue weighted by molar-refractivity contribution is 5.11. The minimum atomic E-state index is -4.70. The van der Waals surface area contributed by atoms with Gasteiger partial charge in [0.2, 0.25) is 0 Å². The van der Waals surface area contributed by atoms with E-state index in [0.29, 0.717) is 17.1 Å². The smallest absolute Gasteiger partial charge is 0.316 e.